The van der Waals surface area contributed by atoms with Crippen molar-refractivity contribution in [3.63, 3.8) is 0 Å². The molecule has 150 valence electrons. The van der Waals surface area contributed by atoms with Gasteiger partial charge in [-0.1, -0.05) is 0 Å². The largest absolute Gasteiger partial charge is 0.387 e. The van der Waals surface area contributed by atoms with Crippen molar-refractivity contribution in [1.82, 2.24) is 9.97 Å². The van der Waals surface area contributed by atoms with Crippen LogP contribution >= 0.6 is 11.3 Å². The Kier molecular flexibility index (Phi) is 6.22. The zero-order valence-corrected chi connectivity index (χ0v) is 15.9. The Balaban J connectivity index is 1.81. The van der Waals surface area contributed by atoms with Gasteiger partial charge in [-0.25, -0.2) is 15.1 Å². The van der Waals surface area contributed by atoms with Gasteiger partial charge in [-0.2, -0.15) is 8.42 Å². The zero-order chi connectivity index (χ0) is 19.6. The van der Waals surface area contributed by atoms with Crippen molar-refractivity contribution in [3.8, 4) is 0 Å². The topological polar surface area (TPSA) is 166 Å². The Labute approximate surface area is 159 Å². The van der Waals surface area contributed by atoms with E-state index in [0.29, 0.717) is 30.0 Å². The molecule has 11 nitrogen and oxygen atoms in total. The number of methoxy groups -OCH3 is 1. The van der Waals surface area contributed by atoms with Gasteiger partial charge in [0.1, 0.15) is 36.6 Å². The monoisotopic (exact) mass is 420 g/mol. The maximum absolute atomic E-state index is 10.9. The van der Waals surface area contributed by atoms with Crippen molar-refractivity contribution in [3.05, 3.63) is 17.3 Å². The second-order valence-electron chi connectivity index (χ2n) is 5.86. The van der Waals surface area contributed by atoms with E-state index in [4.69, 9.17) is 14.6 Å². The second-order valence-corrected chi connectivity index (χ2v) is 7.97. The molecule has 2 aromatic heterocycles. The molecule has 0 bridgehead atoms. The van der Waals surface area contributed by atoms with Gasteiger partial charge in [-0.15, -0.1) is 11.3 Å². The van der Waals surface area contributed by atoms with Crippen LogP contribution in [0.15, 0.2) is 11.7 Å². The first-order valence-corrected chi connectivity index (χ1v) is 10.3. The third kappa shape index (κ3) is 4.52. The predicted molar refractivity (Wildman–Crippen MR) is 96.5 cm³/mol. The summed E-state index contributed by atoms with van der Waals surface area (Å²) in [6.07, 6.45) is -3.19. The summed E-state index contributed by atoms with van der Waals surface area (Å²) in [5, 5.41) is 30.2. The number of hydrogen-bond donors (Lipinski definition) is 4. The van der Waals surface area contributed by atoms with Crippen molar-refractivity contribution in [2.24, 2.45) is 5.14 Å². The number of anilines is 1. The van der Waals surface area contributed by atoms with E-state index in [0.717, 1.165) is 4.70 Å². The van der Waals surface area contributed by atoms with Gasteiger partial charge in [0.25, 0.3) is 0 Å². The third-order valence-electron chi connectivity index (χ3n) is 4.05. The summed E-state index contributed by atoms with van der Waals surface area (Å²) in [4.78, 5) is 8.46. The third-order valence-corrected chi connectivity index (χ3v) is 5.50. The lowest BCUT2D eigenvalue weighted by Gasteiger charge is -2.13. The van der Waals surface area contributed by atoms with Gasteiger partial charge in [0, 0.05) is 19.2 Å². The summed E-state index contributed by atoms with van der Waals surface area (Å²) in [6.45, 7) is 0.560. The van der Waals surface area contributed by atoms with Crippen LogP contribution in [0.3, 0.4) is 0 Å². The number of aliphatic hydroxyl groups excluding tert-OH is 2. The van der Waals surface area contributed by atoms with Gasteiger partial charge in [-0.05, 0) is 5.38 Å². The molecule has 4 atom stereocenters. The number of hydrogen-bond acceptors (Lipinski definition) is 11. The Bertz CT molecular complexity index is 891. The summed E-state index contributed by atoms with van der Waals surface area (Å²) in [7, 11) is -2.59. The molecule has 0 aliphatic carbocycles. The van der Waals surface area contributed by atoms with Gasteiger partial charge in [0.15, 0.2) is 0 Å². The van der Waals surface area contributed by atoms with E-state index in [9.17, 15) is 18.6 Å². The molecule has 0 saturated carbocycles. The van der Waals surface area contributed by atoms with Crippen LogP contribution in [0.1, 0.15) is 11.7 Å². The average molecular weight is 420 g/mol. The number of rotatable bonds is 8. The lowest BCUT2D eigenvalue weighted by molar-refractivity contribution is -0.0151. The van der Waals surface area contributed by atoms with Crippen molar-refractivity contribution in [2.75, 3.05) is 32.2 Å². The van der Waals surface area contributed by atoms with E-state index in [2.05, 4.69) is 19.5 Å². The first kappa shape index (κ1) is 20.3. The number of nitrogens with two attached hydrogens (primary N) is 1. The minimum Gasteiger partial charge on any atom is -0.387 e. The summed E-state index contributed by atoms with van der Waals surface area (Å²) >= 11 is 1.36. The molecule has 1 fully saturated rings. The van der Waals surface area contributed by atoms with Crippen molar-refractivity contribution in [1.29, 1.82) is 0 Å². The molecule has 3 heterocycles. The van der Waals surface area contributed by atoms with Crippen LogP contribution in [0.25, 0.3) is 10.2 Å². The molecular formula is C14H20N4O7S2. The van der Waals surface area contributed by atoms with Crippen LogP contribution in [0, 0.1) is 0 Å². The highest BCUT2D eigenvalue weighted by Gasteiger charge is 2.45. The highest BCUT2D eigenvalue weighted by molar-refractivity contribution is 7.84. The number of fused-ring (bicyclic) bond motifs is 1. The number of aromatic nitrogens is 2. The second kappa shape index (κ2) is 8.28. The number of nitrogens with zero attached hydrogens (tertiary/aromatic N) is 2. The maximum Gasteiger partial charge on any atom is 0.333 e. The van der Waals surface area contributed by atoms with Crippen LogP contribution < -0.4 is 10.5 Å². The van der Waals surface area contributed by atoms with Crippen molar-refractivity contribution >= 4 is 37.7 Å². The summed E-state index contributed by atoms with van der Waals surface area (Å²) in [5.41, 5.74) is 1.14. The van der Waals surface area contributed by atoms with Crippen LogP contribution in [-0.2, 0) is 24.0 Å². The molecule has 4 unspecified atom stereocenters. The fourth-order valence-electron chi connectivity index (χ4n) is 2.77. The van der Waals surface area contributed by atoms with E-state index in [1.54, 1.807) is 12.5 Å². The average Bonchev–Trinajstić information content (AvgIpc) is 3.16. The quantitative estimate of drug-likeness (QED) is 0.394. The first-order chi connectivity index (χ1) is 12.8. The lowest BCUT2D eigenvalue weighted by Crippen LogP contribution is -2.34. The number of thiophene rings is 1. The molecule has 27 heavy (non-hydrogen) atoms. The lowest BCUT2D eigenvalue weighted by atomic mass is 10.0. The molecular weight excluding hydrogens is 400 g/mol. The number of nitrogens with one attached hydrogen (secondary N) is 1. The molecule has 2 aromatic rings. The molecule has 1 aliphatic rings. The standard InChI is InChI=1S/C14H20N4O7S2/c1-23-3-2-16-14-13-9(17-6-18-14)7(5-26-13)12-11(20)10(19)8(25-12)4-24-27(15,21)22/h5-6,8,10-12,19-20H,2-4H2,1H3,(H2,15,21,22)(H,16,17,18). The smallest absolute Gasteiger partial charge is 0.333 e. The normalized spacial score (nSPS) is 25.9. The van der Waals surface area contributed by atoms with Crippen LogP contribution in [0.5, 0.6) is 0 Å². The highest BCUT2D eigenvalue weighted by atomic mass is 32.2. The van der Waals surface area contributed by atoms with Crippen LogP contribution in [-0.4, -0.2) is 73.8 Å². The van der Waals surface area contributed by atoms with Crippen LogP contribution in [0.4, 0.5) is 5.82 Å². The van der Waals surface area contributed by atoms with E-state index in [1.807, 2.05) is 0 Å². The molecule has 5 N–H and O–H groups in total. The Morgan fingerprint density at radius 2 is 2.15 bits per heavy atom. The SMILES string of the molecule is COCCNc1ncnc2c(C3OC(COS(N)(=O)=O)C(O)C3O)csc12. The van der Waals surface area contributed by atoms with Gasteiger partial charge >= 0.3 is 10.3 Å². The van der Waals surface area contributed by atoms with Gasteiger partial charge < -0.3 is 25.0 Å². The van der Waals surface area contributed by atoms with E-state index < -0.39 is 41.3 Å². The molecule has 0 aromatic carbocycles. The Morgan fingerprint density at radius 1 is 1.37 bits per heavy atom. The van der Waals surface area contributed by atoms with Crippen LogP contribution in [0.2, 0.25) is 0 Å². The zero-order valence-electron chi connectivity index (χ0n) is 14.3. The van der Waals surface area contributed by atoms with Gasteiger partial charge in [0.05, 0.1) is 23.4 Å². The molecule has 0 amide bonds. The van der Waals surface area contributed by atoms with Gasteiger partial charge in [-0.3, -0.25) is 4.18 Å². The van der Waals surface area contributed by atoms with Crippen molar-refractivity contribution < 1.29 is 32.3 Å². The number of aliphatic hydroxyl groups is 2. The van der Waals surface area contributed by atoms with Gasteiger partial charge in [0.2, 0.25) is 0 Å². The Morgan fingerprint density at radius 3 is 2.85 bits per heavy atom. The molecule has 3 rings (SSSR count). The summed E-state index contributed by atoms with van der Waals surface area (Å²) in [5.74, 6) is 0.621. The van der Waals surface area contributed by atoms with E-state index in [1.165, 1.54) is 17.7 Å². The molecule has 0 radical (unpaired) electrons. The minimum atomic E-state index is -4.18. The fourth-order valence-corrected chi connectivity index (χ4v) is 4.11. The summed E-state index contributed by atoms with van der Waals surface area (Å²) < 4.78 is 37.7. The molecule has 0 spiro atoms. The highest BCUT2D eigenvalue weighted by Crippen LogP contribution is 2.40. The van der Waals surface area contributed by atoms with E-state index in [-0.39, 0.29) is 0 Å². The molecule has 1 aliphatic heterocycles. The Hall–Kier alpha value is -1.45. The minimum absolute atomic E-state index is 0.506. The van der Waals surface area contributed by atoms with E-state index >= 15 is 0 Å². The molecule has 1 saturated heterocycles. The summed E-state index contributed by atoms with van der Waals surface area (Å²) in [6, 6.07) is 0. The molecule has 13 heteroatoms. The number of ether oxygens (including phenoxy) is 2. The first-order valence-electron chi connectivity index (χ1n) is 7.95. The predicted octanol–water partition coefficient (Wildman–Crippen LogP) is -0.869. The fraction of sp³-hybridized carbons (Fsp3) is 0.571. The van der Waals surface area contributed by atoms with Crippen molar-refractivity contribution in [2.45, 2.75) is 24.4 Å². The maximum atomic E-state index is 10.9.